The van der Waals surface area contributed by atoms with Gasteiger partial charge in [0.2, 0.25) is 11.8 Å². The van der Waals surface area contributed by atoms with Gasteiger partial charge in [0.15, 0.2) is 0 Å². The van der Waals surface area contributed by atoms with Crippen molar-refractivity contribution >= 4 is 17.5 Å². The molecule has 2 aromatic rings. The molecule has 27 heavy (non-hydrogen) atoms. The molecule has 5 nitrogen and oxygen atoms in total. The molecule has 2 aromatic carbocycles. The number of hydrogen-bond donors (Lipinski definition) is 3. The van der Waals surface area contributed by atoms with Crippen molar-refractivity contribution in [2.75, 3.05) is 11.9 Å². The Bertz CT molecular complexity index is 765. The molecule has 0 aliphatic carbocycles. The summed E-state index contributed by atoms with van der Waals surface area (Å²) in [5, 5.41) is 6.17. The minimum atomic E-state index is -0.488. The number of amides is 2. The summed E-state index contributed by atoms with van der Waals surface area (Å²) in [5.41, 5.74) is 8.74. The maximum absolute atomic E-state index is 12.3. The highest BCUT2D eigenvalue weighted by Crippen LogP contribution is 2.24. The molecule has 0 saturated heterocycles. The van der Waals surface area contributed by atoms with Crippen molar-refractivity contribution in [2.24, 2.45) is 11.7 Å². The molecule has 0 aromatic heterocycles. The third-order valence-electron chi connectivity index (χ3n) is 4.56. The van der Waals surface area contributed by atoms with E-state index in [0.717, 1.165) is 0 Å². The highest BCUT2D eigenvalue weighted by Gasteiger charge is 2.17. The van der Waals surface area contributed by atoms with Gasteiger partial charge in [0, 0.05) is 17.3 Å². The van der Waals surface area contributed by atoms with Gasteiger partial charge in [-0.15, -0.1) is 0 Å². The third kappa shape index (κ3) is 5.93. The van der Waals surface area contributed by atoms with Gasteiger partial charge in [-0.3, -0.25) is 9.59 Å². The van der Waals surface area contributed by atoms with E-state index >= 15 is 0 Å². The monoisotopic (exact) mass is 367 g/mol. The Morgan fingerprint density at radius 3 is 1.93 bits per heavy atom. The Labute approximate surface area is 161 Å². The van der Waals surface area contributed by atoms with Gasteiger partial charge in [-0.1, -0.05) is 52.0 Å². The van der Waals surface area contributed by atoms with E-state index in [1.165, 1.54) is 11.1 Å². The fourth-order valence-electron chi connectivity index (χ4n) is 2.95. The van der Waals surface area contributed by atoms with Gasteiger partial charge in [0.05, 0.1) is 6.54 Å². The molecule has 0 radical (unpaired) electrons. The Morgan fingerprint density at radius 2 is 1.44 bits per heavy atom. The smallest absolute Gasteiger partial charge is 0.248 e. The molecule has 144 valence electrons. The number of rotatable bonds is 8. The number of hydrogen-bond acceptors (Lipinski definition) is 3. The lowest BCUT2D eigenvalue weighted by Crippen LogP contribution is -2.33. The van der Waals surface area contributed by atoms with Crippen LogP contribution in [0, 0.1) is 5.92 Å². The van der Waals surface area contributed by atoms with Crippen molar-refractivity contribution in [2.45, 2.75) is 39.7 Å². The van der Waals surface area contributed by atoms with E-state index in [2.05, 4.69) is 62.6 Å². The number of benzene rings is 2. The zero-order chi connectivity index (χ0) is 20.0. The van der Waals surface area contributed by atoms with Crippen molar-refractivity contribution in [1.82, 2.24) is 5.32 Å². The van der Waals surface area contributed by atoms with Crippen LogP contribution in [0.4, 0.5) is 5.69 Å². The second kappa shape index (κ2) is 9.33. The molecular formula is C22H29N3O2. The molecule has 0 bridgehead atoms. The van der Waals surface area contributed by atoms with Crippen molar-refractivity contribution in [3.05, 3.63) is 65.2 Å². The normalized spacial score (nSPS) is 12.2. The third-order valence-corrected chi connectivity index (χ3v) is 4.56. The maximum Gasteiger partial charge on any atom is 0.248 e. The van der Waals surface area contributed by atoms with E-state index in [1.54, 1.807) is 24.3 Å². The fourth-order valence-corrected chi connectivity index (χ4v) is 2.95. The maximum atomic E-state index is 12.3. The minimum Gasteiger partial charge on any atom is -0.366 e. The predicted octanol–water partition coefficient (Wildman–Crippen LogP) is 3.83. The van der Waals surface area contributed by atoms with E-state index in [-0.39, 0.29) is 18.5 Å². The minimum absolute atomic E-state index is 0.0919. The first-order valence-corrected chi connectivity index (χ1v) is 9.31. The number of carbonyl (C=O) groups excluding carboxylic acids is 2. The Kier molecular flexibility index (Phi) is 7.13. The first-order chi connectivity index (χ1) is 12.8. The van der Waals surface area contributed by atoms with E-state index in [1.807, 2.05) is 0 Å². The van der Waals surface area contributed by atoms with Gasteiger partial charge in [0.1, 0.15) is 0 Å². The van der Waals surface area contributed by atoms with E-state index in [4.69, 9.17) is 5.73 Å². The fraction of sp³-hybridized carbons (Fsp3) is 0.364. The summed E-state index contributed by atoms with van der Waals surface area (Å²) in [6.07, 6.45) is 0. The summed E-state index contributed by atoms with van der Waals surface area (Å²) in [7, 11) is 0. The average Bonchev–Trinajstić information content (AvgIpc) is 2.62. The van der Waals surface area contributed by atoms with Gasteiger partial charge in [-0.05, 0) is 47.2 Å². The van der Waals surface area contributed by atoms with Crippen molar-refractivity contribution in [3.8, 4) is 0 Å². The molecule has 2 amide bonds. The number of nitrogens with one attached hydrogen (secondary N) is 2. The zero-order valence-corrected chi connectivity index (χ0v) is 16.5. The van der Waals surface area contributed by atoms with Gasteiger partial charge in [-0.25, -0.2) is 0 Å². The van der Waals surface area contributed by atoms with Crippen LogP contribution in [0.5, 0.6) is 0 Å². The van der Waals surface area contributed by atoms with Crippen molar-refractivity contribution < 1.29 is 9.59 Å². The predicted molar refractivity (Wildman–Crippen MR) is 110 cm³/mol. The van der Waals surface area contributed by atoms with Crippen molar-refractivity contribution in [3.63, 3.8) is 0 Å². The summed E-state index contributed by atoms with van der Waals surface area (Å²) in [4.78, 5) is 23.4. The van der Waals surface area contributed by atoms with Crippen LogP contribution in [0.2, 0.25) is 0 Å². The van der Waals surface area contributed by atoms with Crippen LogP contribution < -0.4 is 16.4 Å². The van der Waals surface area contributed by atoms with Crippen LogP contribution >= 0.6 is 0 Å². The quantitative estimate of drug-likeness (QED) is 0.663. The topological polar surface area (TPSA) is 84.2 Å². The lowest BCUT2D eigenvalue weighted by molar-refractivity contribution is -0.115. The molecule has 5 heteroatoms. The average molecular weight is 367 g/mol. The lowest BCUT2D eigenvalue weighted by atomic mass is 9.93. The Morgan fingerprint density at radius 1 is 0.889 bits per heavy atom. The summed E-state index contributed by atoms with van der Waals surface area (Å²) >= 11 is 0. The summed E-state index contributed by atoms with van der Waals surface area (Å²) in [6.45, 7) is 8.82. The van der Waals surface area contributed by atoms with Crippen LogP contribution in [-0.4, -0.2) is 18.4 Å². The molecule has 0 spiro atoms. The highest BCUT2D eigenvalue weighted by atomic mass is 16.2. The first kappa shape index (κ1) is 20.6. The van der Waals surface area contributed by atoms with Crippen LogP contribution in [0.15, 0.2) is 48.5 Å². The van der Waals surface area contributed by atoms with Gasteiger partial charge < -0.3 is 16.4 Å². The molecular weight excluding hydrogens is 338 g/mol. The summed E-state index contributed by atoms with van der Waals surface area (Å²) in [5.74, 6) is 0.220. The standard InChI is InChI=1S/C22H29N3O2/c1-14(2)16-5-7-17(8-6-16)21(15(3)4)24-13-20(26)25-19-11-9-18(10-12-19)22(23)27/h5-12,14-15,21,24H,13H2,1-4H3,(H2,23,27)(H,25,26)/t21-/m0/s1. The molecule has 0 heterocycles. The second-order valence-corrected chi connectivity index (χ2v) is 7.41. The van der Waals surface area contributed by atoms with Crippen molar-refractivity contribution in [1.29, 1.82) is 0 Å². The number of carbonyl (C=O) groups is 2. The molecule has 1 atom stereocenters. The second-order valence-electron chi connectivity index (χ2n) is 7.41. The molecule has 0 saturated carbocycles. The van der Waals surface area contributed by atoms with Crippen LogP contribution in [0.3, 0.4) is 0 Å². The van der Waals surface area contributed by atoms with Gasteiger partial charge in [-0.2, -0.15) is 0 Å². The number of primary amides is 1. The first-order valence-electron chi connectivity index (χ1n) is 9.31. The highest BCUT2D eigenvalue weighted by molar-refractivity contribution is 5.95. The molecule has 0 aliphatic rings. The van der Waals surface area contributed by atoms with Crippen LogP contribution in [0.25, 0.3) is 0 Å². The van der Waals surface area contributed by atoms with Gasteiger partial charge in [0.25, 0.3) is 0 Å². The molecule has 0 aliphatic heterocycles. The van der Waals surface area contributed by atoms with Crippen LogP contribution in [0.1, 0.15) is 61.1 Å². The number of nitrogens with two attached hydrogens (primary N) is 1. The van der Waals surface area contributed by atoms with Gasteiger partial charge >= 0.3 is 0 Å². The van der Waals surface area contributed by atoms with E-state index < -0.39 is 5.91 Å². The number of anilines is 1. The molecule has 0 unspecified atom stereocenters. The summed E-state index contributed by atoms with van der Waals surface area (Å²) < 4.78 is 0. The largest absolute Gasteiger partial charge is 0.366 e. The summed E-state index contributed by atoms with van der Waals surface area (Å²) in [6, 6.07) is 15.2. The van der Waals surface area contributed by atoms with E-state index in [0.29, 0.717) is 23.1 Å². The molecule has 4 N–H and O–H groups in total. The van der Waals surface area contributed by atoms with E-state index in [9.17, 15) is 9.59 Å². The zero-order valence-electron chi connectivity index (χ0n) is 16.5. The lowest BCUT2D eigenvalue weighted by Gasteiger charge is -2.23. The Hall–Kier alpha value is -2.66. The van der Waals surface area contributed by atoms with Crippen LogP contribution in [-0.2, 0) is 4.79 Å². The Balaban J connectivity index is 1.96. The molecule has 2 rings (SSSR count). The molecule has 0 fully saturated rings. The SMILES string of the molecule is CC(C)c1ccc([C@@H](NCC(=O)Nc2ccc(C(N)=O)cc2)C(C)C)cc1.